The molecule has 1 aromatic rings. The molecule has 0 fully saturated rings. The van der Waals surface area contributed by atoms with E-state index in [1.807, 2.05) is 6.92 Å². The van der Waals surface area contributed by atoms with E-state index in [9.17, 15) is 14.7 Å². The second-order valence-electron chi connectivity index (χ2n) is 4.00. The summed E-state index contributed by atoms with van der Waals surface area (Å²) in [7, 11) is 2.66. The molecule has 102 valence electrons. The Kier molecular flexibility index (Phi) is 3.44. The minimum Gasteiger partial charge on any atom is -0.496 e. The Balaban J connectivity index is 2.76. The minimum absolute atomic E-state index is 0.166. The van der Waals surface area contributed by atoms with Crippen molar-refractivity contribution < 1.29 is 28.9 Å². The summed E-state index contributed by atoms with van der Waals surface area (Å²) in [6, 6.07) is 1.41. The van der Waals surface area contributed by atoms with E-state index in [1.54, 1.807) is 0 Å². The lowest BCUT2D eigenvalue weighted by Crippen LogP contribution is -2.10. The van der Waals surface area contributed by atoms with Crippen LogP contribution in [-0.2, 0) is 15.9 Å². The first-order valence-electron chi connectivity index (χ1n) is 5.76. The first-order valence-corrected chi connectivity index (χ1v) is 5.76. The lowest BCUT2D eigenvalue weighted by molar-refractivity contribution is -0.0547. The van der Waals surface area contributed by atoms with Crippen molar-refractivity contribution in [3.8, 4) is 5.75 Å². The largest absolute Gasteiger partial charge is 0.496 e. The number of hydrogen-bond acceptors (Lipinski definition) is 6. The number of benzene rings is 1. The van der Waals surface area contributed by atoms with E-state index in [-0.39, 0.29) is 22.4 Å². The number of hydrogen-bond donors (Lipinski definition) is 1. The van der Waals surface area contributed by atoms with E-state index in [0.29, 0.717) is 12.0 Å². The van der Waals surface area contributed by atoms with Crippen molar-refractivity contribution in [2.24, 2.45) is 0 Å². The topological polar surface area (TPSA) is 82.1 Å². The van der Waals surface area contributed by atoms with Crippen molar-refractivity contribution in [1.29, 1.82) is 0 Å². The van der Waals surface area contributed by atoms with Gasteiger partial charge in [0, 0.05) is 11.1 Å². The molecule has 1 aromatic carbocycles. The van der Waals surface area contributed by atoms with Gasteiger partial charge in [-0.1, -0.05) is 6.92 Å². The molecular weight excluding hydrogens is 252 g/mol. The highest BCUT2D eigenvalue weighted by Gasteiger charge is 2.36. The first kappa shape index (κ1) is 13.4. The molecule has 0 aliphatic carbocycles. The molecule has 1 N–H and O–H groups in total. The predicted molar refractivity (Wildman–Crippen MR) is 64.1 cm³/mol. The number of fused-ring (bicyclic) bond motifs is 1. The van der Waals surface area contributed by atoms with Crippen LogP contribution >= 0.6 is 0 Å². The molecule has 2 rings (SSSR count). The molecule has 1 atom stereocenters. The summed E-state index contributed by atoms with van der Waals surface area (Å²) in [5.74, 6) is -0.961. The summed E-state index contributed by atoms with van der Waals surface area (Å²) in [4.78, 5) is 23.5. The van der Waals surface area contributed by atoms with Crippen LogP contribution in [0, 0.1) is 0 Å². The quantitative estimate of drug-likeness (QED) is 0.828. The third-order valence-corrected chi connectivity index (χ3v) is 3.07. The van der Waals surface area contributed by atoms with E-state index in [1.165, 1.54) is 20.3 Å². The standard InChI is InChI=1S/C13H14O6/c1-4-6-7(11(14)18-3)5-8-9(10(6)17-2)13(16)19-12(8)15/h5,12,15H,4H2,1-3H3. The van der Waals surface area contributed by atoms with Crippen LogP contribution in [-0.4, -0.2) is 31.3 Å². The Morgan fingerprint density at radius 2 is 2.16 bits per heavy atom. The molecular formula is C13H14O6. The fraction of sp³-hybridized carbons (Fsp3) is 0.385. The van der Waals surface area contributed by atoms with Gasteiger partial charge in [-0.25, -0.2) is 9.59 Å². The Morgan fingerprint density at radius 3 is 2.68 bits per heavy atom. The molecule has 1 aliphatic heterocycles. The monoisotopic (exact) mass is 266 g/mol. The zero-order chi connectivity index (χ0) is 14.2. The van der Waals surface area contributed by atoms with Crippen LogP contribution < -0.4 is 4.74 Å². The average molecular weight is 266 g/mol. The Labute approximate surface area is 109 Å². The van der Waals surface area contributed by atoms with Crippen molar-refractivity contribution >= 4 is 11.9 Å². The Morgan fingerprint density at radius 1 is 1.47 bits per heavy atom. The number of cyclic esters (lactones) is 1. The van der Waals surface area contributed by atoms with Gasteiger partial charge in [-0.2, -0.15) is 0 Å². The van der Waals surface area contributed by atoms with Gasteiger partial charge in [0.1, 0.15) is 11.3 Å². The summed E-state index contributed by atoms with van der Waals surface area (Å²) in [5.41, 5.74) is 1.20. The van der Waals surface area contributed by atoms with Gasteiger partial charge in [0.05, 0.1) is 19.8 Å². The van der Waals surface area contributed by atoms with Gasteiger partial charge in [-0.05, 0) is 12.5 Å². The molecule has 0 saturated carbocycles. The maximum Gasteiger partial charge on any atom is 0.345 e. The molecule has 6 heteroatoms. The Bertz CT molecular complexity index is 549. The number of esters is 2. The number of aliphatic hydroxyl groups excluding tert-OH is 1. The number of methoxy groups -OCH3 is 2. The average Bonchev–Trinajstić information content (AvgIpc) is 2.70. The van der Waals surface area contributed by atoms with Crippen LogP contribution in [0.5, 0.6) is 5.75 Å². The normalized spacial score (nSPS) is 16.8. The third kappa shape index (κ3) is 1.94. The number of carbonyl (C=O) groups excluding carboxylic acids is 2. The summed E-state index contributed by atoms with van der Waals surface area (Å²) < 4.78 is 14.6. The second-order valence-corrected chi connectivity index (χ2v) is 4.00. The number of aliphatic hydroxyl groups is 1. The molecule has 0 aromatic heterocycles. The number of rotatable bonds is 3. The van der Waals surface area contributed by atoms with Gasteiger partial charge in [0.15, 0.2) is 0 Å². The zero-order valence-corrected chi connectivity index (χ0v) is 10.9. The van der Waals surface area contributed by atoms with Gasteiger partial charge in [0.25, 0.3) is 0 Å². The molecule has 0 radical (unpaired) electrons. The predicted octanol–water partition coefficient (Wildman–Crippen LogP) is 1.21. The smallest absolute Gasteiger partial charge is 0.345 e. The van der Waals surface area contributed by atoms with E-state index in [4.69, 9.17) is 14.2 Å². The van der Waals surface area contributed by atoms with Gasteiger partial charge in [-0.15, -0.1) is 0 Å². The van der Waals surface area contributed by atoms with Crippen molar-refractivity contribution in [2.45, 2.75) is 19.6 Å². The van der Waals surface area contributed by atoms with Crippen LogP contribution in [0.1, 0.15) is 45.1 Å². The van der Waals surface area contributed by atoms with Gasteiger partial charge in [0.2, 0.25) is 6.29 Å². The van der Waals surface area contributed by atoms with Crippen molar-refractivity contribution in [2.75, 3.05) is 14.2 Å². The van der Waals surface area contributed by atoms with Gasteiger partial charge < -0.3 is 19.3 Å². The molecule has 19 heavy (non-hydrogen) atoms. The fourth-order valence-corrected chi connectivity index (χ4v) is 2.22. The molecule has 0 spiro atoms. The summed E-state index contributed by atoms with van der Waals surface area (Å²) in [6.07, 6.45) is -0.907. The van der Waals surface area contributed by atoms with Gasteiger partial charge >= 0.3 is 11.9 Å². The highest BCUT2D eigenvalue weighted by molar-refractivity contribution is 6.01. The molecule has 1 aliphatic rings. The maximum atomic E-state index is 11.8. The second kappa shape index (κ2) is 4.89. The fourth-order valence-electron chi connectivity index (χ4n) is 2.22. The van der Waals surface area contributed by atoms with E-state index >= 15 is 0 Å². The highest BCUT2D eigenvalue weighted by Crippen LogP contribution is 2.39. The molecule has 6 nitrogen and oxygen atoms in total. The van der Waals surface area contributed by atoms with Crippen molar-refractivity contribution in [1.82, 2.24) is 0 Å². The van der Waals surface area contributed by atoms with Crippen LogP contribution in [0.15, 0.2) is 6.07 Å². The van der Waals surface area contributed by atoms with Gasteiger partial charge in [-0.3, -0.25) is 0 Å². The molecule has 0 amide bonds. The first-order chi connectivity index (χ1) is 9.04. The molecule has 1 heterocycles. The SMILES string of the molecule is CCc1c(C(=O)OC)cc2c(c1OC)C(=O)OC2O. The summed E-state index contributed by atoms with van der Waals surface area (Å²) >= 11 is 0. The van der Waals surface area contributed by atoms with E-state index < -0.39 is 18.2 Å². The van der Waals surface area contributed by atoms with Crippen molar-refractivity contribution in [3.05, 3.63) is 28.3 Å². The van der Waals surface area contributed by atoms with Crippen LogP contribution in [0.4, 0.5) is 0 Å². The maximum absolute atomic E-state index is 11.8. The van der Waals surface area contributed by atoms with E-state index in [2.05, 4.69) is 0 Å². The summed E-state index contributed by atoms with van der Waals surface area (Å²) in [6.45, 7) is 1.83. The number of ether oxygens (including phenoxy) is 3. The van der Waals surface area contributed by atoms with E-state index in [0.717, 1.165) is 0 Å². The third-order valence-electron chi connectivity index (χ3n) is 3.07. The minimum atomic E-state index is -1.38. The lowest BCUT2D eigenvalue weighted by atomic mass is 9.96. The molecule has 1 unspecified atom stereocenters. The number of carbonyl (C=O) groups is 2. The van der Waals surface area contributed by atoms with Crippen LogP contribution in [0.2, 0.25) is 0 Å². The zero-order valence-electron chi connectivity index (χ0n) is 10.9. The molecule has 0 saturated heterocycles. The van der Waals surface area contributed by atoms with Crippen LogP contribution in [0.25, 0.3) is 0 Å². The van der Waals surface area contributed by atoms with Crippen molar-refractivity contribution in [3.63, 3.8) is 0 Å². The van der Waals surface area contributed by atoms with Crippen LogP contribution in [0.3, 0.4) is 0 Å². The Hall–Kier alpha value is -2.08. The lowest BCUT2D eigenvalue weighted by Gasteiger charge is -2.14. The highest BCUT2D eigenvalue weighted by atomic mass is 16.6. The summed E-state index contributed by atoms with van der Waals surface area (Å²) in [5, 5.41) is 9.66. The molecule has 0 bridgehead atoms.